The fourth-order valence-corrected chi connectivity index (χ4v) is 4.08. The Balaban J connectivity index is 1.80. The van der Waals surface area contributed by atoms with Crippen LogP contribution in [0.5, 0.6) is 0 Å². The van der Waals surface area contributed by atoms with Crippen molar-refractivity contribution < 1.29 is 14.3 Å². The molecule has 0 aliphatic heterocycles. The first kappa shape index (κ1) is 19.4. The number of amides is 1. The van der Waals surface area contributed by atoms with Gasteiger partial charge in [0.05, 0.1) is 12.9 Å². The van der Waals surface area contributed by atoms with Crippen LogP contribution in [0.25, 0.3) is 11.1 Å². The molecule has 140 valence electrons. The molecule has 3 aromatic rings. The lowest BCUT2D eigenvalue weighted by molar-refractivity contribution is -0.113. The summed E-state index contributed by atoms with van der Waals surface area (Å²) in [6.45, 7) is 0. The second kappa shape index (κ2) is 8.55. The highest BCUT2D eigenvalue weighted by atomic mass is 35.5. The van der Waals surface area contributed by atoms with E-state index in [1.165, 1.54) is 30.2 Å². The van der Waals surface area contributed by atoms with E-state index in [0.29, 0.717) is 26.3 Å². The van der Waals surface area contributed by atoms with Crippen LogP contribution in [0.1, 0.15) is 10.4 Å². The number of rotatable bonds is 6. The number of nitrogens with one attached hydrogen (secondary N) is 1. The molecular formula is C17H15ClN4O3S2. The van der Waals surface area contributed by atoms with E-state index in [4.69, 9.17) is 16.3 Å². The highest BCUT2D eigenvalue weighted by Crippen LogP contribution is 2.36. The first-order chi connectivity index (χ1) is 13.0. The van der Waals surface area contributed by atoms with Gasteiger partial charge in [0.15, 0.2) is 5.16 Å². The van der Waals surface area contributed by atoms with Crippen LogP contribution < -0.4 is 5.32 Å². The van der Waals surface area contributed by atoms with E-state index in [-0.39, 0.29) is 11.7 Å². The van der Waals surface area contributed by atoms with Gasteiger partial charge in [0, 0.05) is 23.0 Å². The van der Waals surface area contributed by atoms with Crippen molar-refractivity contribution in [1.29, 1.82) is 0 Å². The third-order valence-corrected chi connectivity index (χ3v) is 5.77. The van der Waals surface area contributed by atoms with E-state index >= 15 is 0 Å². The predicted molar refractivity (Wildman–Crippen MR) is 106 cm³/mol. The molecule has 2 aromatic heterocycles. The van der Waals surface area contributed by atoms with Gasteiger partial charge in [-0.25, -0.2) is 4.79 Å². The largest absolute Gasteiger partial charge is 0.465 e. The number of thiophene rings is 1. The molecule has 27 heavy (non-hydrogen) atoms. The van der Waals surface area contributed by atoms with Crippen LogP contribution in [-0.2, 0) is 16.6 Å². The number of nitrogens with zero attached hydrogens (tertiary/aromatic N) is 3. The number of hydrogen-bond acceptors (Lipinski definition) is 7. The minimum absolute atomic E-state index is 0.140. The lowest BCUT2D eigenvalue weighted by Crippen LogP contribution is -2.16. The summed E-state index contributed by atoms with van der Waals surface area (Å²) in [4.78, 5) is 24.6. The first-order valence-corrected chi connectivity index (χ1v) is 9.96. The Bertz CT molecular complexity index is 969. The Hall–Kier alpha value is -2.36. The Morgan fingerprint density at radius 2 is 2.07 bits per heavy atom. The maximum Gasteiger partial charge on any atom is 0.341 e. The minimum atomic E-state index is -0.516. The van der Waals surface area contributed by atoms with Gasteiger partial charge in [0.2, 0.25) is 5.91 Å². The second-order valence-electron chi connectivity index (χ2n) is 5.41. The normalized spacial score (nSPS) is 10.6. The monoisotopic (exact) mass is 422 g/mol. The smallest absolute Gasteiger partial charge is 0.341 e. The fraction of sp³-hybridized carbons (Fsp3) is 0.176. The van der Waals surface area contributed by atoms with Gasteiger partial charge in [-0.2, -0.15) is 0 Å². The maximum atomic E-state index is 12.3. The Morgan fingerprint density at radius 1 is 1.33 bits per heavy atom. The third kappa shape index (κ3) is 4.49. The summed E-state index contributed by atoms with van der Waals surface area (Å²) in [5.74, 6) is -0.628. The molecule has 2 heterocycles. The molecule has 0 aliphatic rings. The van der Waals surface area contributed by atoms with E-state index in [1.807, 2.05) is 12.1 Å². The zero-order chi connectivity index (χ0) is 19.4. The number of carbonyl (C=O) groups excluding carboxylic acids is 2. The molecule has 0 fully saturated rings. The molecule has 7 nitrogen and oxygen atoms in total. The highest BCUT2D eigenvalue weighted by molar-refractivity contribution is 7.99. The molecule has 0 spiro atoms. The number of aromatic nitrogens is 3. The first-order valence-electron chi connectivity index (χ1n) is 7.72. The summed E-state index contributed by atoms with van der Waals surface area (Å²) in [5, 5.41) is 13.9. The SMILES string of the molecule is COC(=O)c1c(-c2ccc(Cl)cc2)csc1NC(=O)CSc1nncn1C. The van der Waals surface area contributed by atoms with Crippen molar-refractivity contribution in [3.8, 4) is 11.1 Å². The molecule has 1 amide bonds. The Labute approximate surface area is 168 Å². The number of carbonyl (C=O) groups is 2. The molecule has 1 aromatic carbocycles. The number of esters is 1. The molecular weight excluding hydrogens is 408 g/mol. The van der Waals surface area contributed by atoms with Gasteiger partial charge in [-0.3, -0.25) is 4.79 Å². The number of thioether (sulfide) groups is 1. The van der Waals surface area contributed by atoms with Gasteiger partial charge in [0.25, 0.3) is 0 Å². The Kier molecular flexibility index (Phi) is 6.15. The third-order valence-electron chi connectivity index (χ3n) is 3.59. The van der Waals surface area contributed by atoms with Crippen molar-refractivity contribution in [2.45, 2.75) is 5.16 Å². The molecule has 0 saturated carbocycles. The average molecular weight is 423 g/mol. The summed E-state index contributed by atoms with van der Waals surface area (Å²) in [6.07, 6.45) is 1.56. The topological polar surface area (TPSA) is 86.1 Å². The van der Waals surface area contributed by atoms with Gasteiger partial charge >= 0.3 is 5.97 Å². The number of methoxy groups -OCH3 is 1. The van der Waals surface area contributed by atoms with Crippen LogP contribution in [0.2, 0.25) is 5.02 Å². The van der Waals surface area contributed by atoms with Crippen LogP contribution in [0, 0.1) is 0 Å². The van der Waals surface area contributed by atoms with E-state index in [1.54, 1.807) is 35.5 Å². The molecule has 1 N–H and O–H groups in total. The van der Waals surface area contributed by atoms with Gasteiger partial charge in [-0.05, 0) is 17.7 Å². The molecule has 0 saturated heterocycles. The van der Waals surface area contributed by atoms with Gasteiger partial charge in [-0.15, -0.1) is 21.5 Å². The van der Waals surface area contributed by atoms with Crippen molar-refractivity contribution >= 4 is 51.6 Å². The molecule has 3 rings (SSSR count). The van der Waals surface area contributed by atoms with Crippen molar-refractivity contribution in [3.63, 3.8) is 0 Å². The van der Waals surface area contributed by atoms with E-state index < -0.39 is 5.97 Å². The number of halogens is 1. The minimum Gasteiger partial charge on any atom is -0.465 e. The van der Waals surface area contributed by atoms with Gasteiger partial charge in [-0.1, -0.05) is 35.5 Å². The number of ether oxygens (including phenoxy) is 1. The van der Waals surface area contributed by atoms with Gasteiger partial charge in [0.1, 0.15) is 16.9 Å². The predicted octanol–water partition coefficient (Wildman–Crippen LogP) is 3.71. The molecule has 0 unspecified atom stereocenters. The lowest BCUT2D eigenvalue weighted by Gasteiger charge is -2.08. The summed E-state index contributed by atoms with van der Waals surface area (Å²) >= 11 is 8.45. The van der Waals surface area contributed by atoms with Gasteiger partial charge < -0.3 is 14.6 Å². The molecule has 0 aliphatic carbocycles. The Morgan fingerprint density at radius 3 is 2.70 bits per heavy atom. The molecule has 0 bridgehead atoms. The molecule has 10 heteroatoms. The number of anilines is 1. The van der Waals surface area contributed by atoms with Crippen LogP contribution >= 0.6 is 34.7 Å². The standard InChI is InChI=1S/C17H15ClN4O3S2/c1-22-9-19-21-17(22)27-8-13(23)20-15-14(16(24)25-2)12(7-26-15)10-3-5-11(18)6-4-10/h3-7,9H,8H2,1-2H3,(H,20,23). The average Bonchev–Trinajstić information content (AvgIpc) is 3.26. The van der Waals surface area contributed by atoms with Crippen LogP contribution in [-0.4, -0.2) is 39.5 Å². The quantitative estimate of drug-likeness (QED) is 0.481. The van der Waals surface area contributed by atoms with E-state index in [0.717, 1.165) is 5.56 Å². The van der Waals surface area contributed by atoms with E-state index in [2.05, 4.69) is 15.5 Å². The summed E-state index contributed by atoms with van der Waals surface area (Å²) < 4.78 is 6.62. The van der Waals surface area contributed by atoms with Crippen molar-refractivity contribution in [3.05, 3.63) is 46.6 Å². The van der Waals surface area contributed by atoms with Crippen molar-refractivity contribution in [1.82, 2.24) is 14.8 Å². The van der Waals surface area contributed by atoms with Crippen molar-refractivity contribution in [2.24, 2.45) is 7.05 Å². The molecule has 0 radical (unpaired) electrons. The van der Waals surface area contributed by atoms with E-state index in [9.17, 15) is 9.59 Å². The maximum absolute atomic E-state index is 12.3. The van der Waals surface area contributed by atoms with Crippen molar-refractivity contribution in [2.75, 3.05) is 18.2 Å². The summed E-state index contributed by atoms with van der Waals surface area (Å²) in [6, 6.07) is 7.11. The van der Waals surface area contributed by atoms with Crippen LogP contribution in [0.4, 0.5) is 5.00 Å². The van der Waals surface area contributed by atoms with Crippen LogP contribution in [0.3, 0.4) is 0 Å². The number of benzene rings is 1. The zero-order valence-electron chi connectivity index (χ0n) is 14.4. The summed E-state index contributed by atoms with van der Waals surface area (Å²) in [5.41, 5.74) is 1.81. The fourth-order valence-electron chi connectivity index (χ4n) is 2.29. The zero-order valence-corrected chi connectivity index (χ0v) is 16.8. The number of hydrogen-bond donors (Lipinski definition) is 1. The second-order valence-corrected chi connectivity index (χ2v) is 7.67. The summed E-state index contributed by atoms with van der Waals surface area (Å²) in [7, 11) is 3.11. The lowest BCUT2D eigenvalue weighted by atomic mass is 10.0. The highest BCUT2D eigenvalue weighted by Gasteiger charge is 2.22. The number of aryl methyl sites for hydroxylation is 1. The molecule has 0 atom stereocenters. The van der Waals surface area contributed by atoms with Crippen LogP contribution in [0.15, 0.2) is 41.1 Å².